The Morgan fingerprint density at radius 3 is 2.50 bits per heavy atom. The Balaban J connectivity index is 1.44. The van der Waals surface area contributed by atoms with Crippen molar-refractivity contribution in [1.82, 2.24) is 4.98 Å². The second-order valence-electron chi connectivity index (χ2n) is 7.60. The van der Waals surface area contributed by atoms with Crippen molar-refractivity contribution in [2.45, 2.75) is 29.4 Å². The first-order valence-corrected chi connectivity index (χ1v) is 12.8. The number of hydrogen-bond donors (Lipinski definition) is 0. The topological polar surface area (TPSA) is 59.5 Å². The molecule has 0 bridgehead atoms. The number of halogens is 3. The molecule has 0 amide bonds. The molecule has 0 atom stereocenters. The zero-order valence-corrected chi connectivity index (χ0v) is 19.6. The van der Waals surface area contributed by atoms with Gasteiger partial charge >= 0.3 is 0 Å². The summed E-state index contributed by atoms with van der Waals surface area (Å²) >= 11 is 7.46. The van der Waals surface area contributed by atoms with Crippen LogP contribution in [0.2, 0.25) is 5.02 Å². The van der Waals surface area contributed by atoms with Crippen molar-refractivity contribution in [3.63, 3.8) is 0 Å². The molecule has 1 aromatic heterocycles. The monoisotopic (exact) mass is 498 g/mol. The van der Waals surface area contributed by atoms with Crippen molar-refractivity contribution < 1.29 is 21.9 Å². The molecule has 0 N–H and O–H groups in total. The van der Waals surface area contributed by atoms with Crippen LogP contribution in [0.4, 0.5) is 13.9 Å². The van der Waals surface area contributed by atoms with E-state index in [0.29, 0.717) is 48.6 Å². The molecule has 0 unspecified atom stereocenters. The van der Waals surface area contributed by atoms with Gasteiger partial charge in [0.05, 0.1) is 18.1 Å². The van der Waals surface area contributed by atoms with Crippen LogP contribution in [0.1, 0.15) is 24.1 Å². The van der Waals surface area contributed by atoms with Gasteiger partial charge in [0.25, 0.3) is 0 Å². The summed E-state index contributed by atoms with van der Waals surface area (Å²) in [6, 6.07) is 8.02. The third kappa shape index (κ3) is 4.89. The minimum absolute atomic E-state index is 0.116. The van der Waals surface area contributed by atoms with Gasteiger partial charge in [-0.25, -0.2) is 22.2 Å². The summed E-state index contributed by atoms with van der Waals surface area (Å²) in [5.74, 6) is -0.944. The lowest BCUT2D eigenvalue weighted by Crippen LogP contribution is -2.39. The molecule has 0 aliphatic carbocycles. The van der Waals surface area contributed by atoms with Crippen LogP contribution in [0.15, 0.2) is 46.7 Å². The normalized spacial score (nSPS) is 15.2. The van der Waals surface area contributed by atoms with Crippen LogP contribution in [-0.2, 0) is 16.3 Å². The molecule has 4 rings (SSSR count). The van der Waals surface area contributed by atoms with E-state index in [0.717, 1.165) is 11.2 Å². The van der Waals surface area contributed by atoms with Gasteiger partial charge in [-0.1, -0.05) is 11.6 Å². The molecule has 32 heavy (non-hydrogen) atoms. The lowest BCUT2D eigenvalue weighted by Gasteiger charge is -2.31. The maximum atomic E-state index is 13.4. The summed E-state index contributed by atoms with van der Waals surface area (Å²) in [7, 11) is -2.17. The van der Waals surface area contributed by atoms with Gasteiger partial charge in [0, 0.05) is 36.0 Å². The molecule has 2 heterocycles. The molecule has 0 spiro atoms. The number of anilines is 1. The molecule has 1 aliphatic rings. The van der Waals surface area contributed by atoms with E-state index in [1.807, 2.05) is 10.3 Å². The Labute approximate surface area is 194 Å². The van der Waals surface area contributed by atoms with Crippen molar-refractivity contribution in [3.05, 3.63) is 69.7 Å². The minimum Gasteiger partial charge on any atom is -0.495 e. The molecule has 5 nitrogen and oxygen atoms in total. The van der Waals surface area contributed by atoms with Crippen molar-refractivity contribution in [3.8, 4) is 5.75 Å². The fourth-order valence-electron chi connectivity index (χ4n) is 3.85. The van der Waals surface area contributed by atoms with Gasteiger partial charge < -0.3 is 9.64 Å². The summed E-state index contributed by atoms with van der Waals surface area (Å²) in [5, 5.41) is 2.43. The molecule has 10 heteroatoms. The predicted molar refractivity (Wildman–Crippen MR) is 122 cm³/mol. The Hall–Kier alpha value is -2.23. The first kappa shape index (κ1) is 22.9. The van der Waals surface area contributed by atoms with Gasteiger partial charge in [-0.15, -0.1) is 11.3 Å². The average Bonchev–Trinajstić information content (AvgIpc) is 3.21. The maximum absolute atomic E-state index is 13.4. The largest absolute Gasteiger partial charge is 0.495 e. The van der Waals surface area contributed by atoms with Crippen LogP contribution in [0.5, 0.6) is 5.75 Å². The van der Waals surface area contributed by atoms with Crippen LogP contribution in [0.3, 0.4) is 0 Å². The lowest BCUT2D eigenvalue weighted by molar-refractivity contribution is 0.402. The number of thiazole rings is 1. The molecule has 0 radical (unpaired) electrons. The number of ether oxygens (including phenoxy) is 1. The molecule has 1 fully saturated rings. The highest BCUT2D eigenvalue weighted by Gasteiger charge is 2.34. The SMILES string of the molecule is COc1ccc(Cl)cc1S(=O)(=O)C1CCN(c2nc(Cc3cc(F)cc(F)c3)cs2)CC1. The zero-order valence-electron chi connectivity index (χ0n) is 17.2. The first-order chi connectivity index (χ1) is 15.3. The van der Waals surface area contributed by atoms with E-state index in [-0.39, 0.29) is 10.6 Å². The Morgan fingerprint density at radius 2 is 1.84 bits per heavy atom. The molecular formula is C22H21ClF2N2O3S2. The summed E-state index contributed by atoms with van der Waals surface area (Å²) in [5.41, 5.74) is 1.23. The van der Waals surface area contributed by atoms with Crippen molar-refractivity contribution >= 4 is 37.9 Å². The van der Waals surface area contributed by atoms with Gasteiger partial charge in [0.1, 0.15) is 22.3 Å². The fourth-order valence-corrected chi connectivity index (χ4v) is 6.88. The second-order valence-corrected chi connectivity index (χ2v) is 11.1. The molecule has 1 saturated heterocycles. The predicted octanol–water partition coefficient (Wildman–Crippen LogP) is 5.12. The Morgan fingerprint density at radius 1 is 1.16 bits per heavy atom. The number of benzene rings is 2. The zero-order chi connectivity index (χ0) is 22.9. The summed E-state index contributed by atoms with van der Waals surface area (Å²) in [6.45, 7) is 1.07. The van der Waals surface area contributed by atoms with Crippen molar-refractivity contribution in [2.75, 3.05) is 25.1 Å². The van der Waals surface area contributed by atoms with Crippen LogP contribution >= 0.6 is 22.9 Å². The highest BCUT2D eigenvalue weighted by molar-refractivity contribution is 7.92. The first-order valence-electron chi connectivity index (χ1n) is 9.98. The number of aromatic nitrogens is 1. The van der Waals surface area contributed by atoms with Gasteiger partial charge in [-0.2, -0.15) is 0 Å². The Kier molecular flexibility index (Phi) is 6.69. The van der Waals surface area contributed by atoms with Gasteiger partial charge in [0.2, 0.25) is 0 Å². The maximum Gasteiger partial charge on any atom is 0.185 e. The van der Waals surface area contributed by atoms with Crippen LogP contribution in [-0.4, -0.2) is 38.9 Å². The van der Waals surface area contributed by atoms with E-state index in [1.54, 1.807) is 12.1 Å². The quantitative estimate of drug-likeness (QED) is 0.472. The number of nitrogens with zero attached hydrogens (tertiary/aromatic N) is 2. The highest BCUT2D eigenvalue weighted by Crippen LogP contribution is 2.34. The summed E-state index contributed by atoms with van der Waals surface area (Å²) in [4.78, 5) is 6.74. The number of rotatable bonds is 6. The second kappa shape index (κ2) is 9.33. The molecule has 2 aromatic carbocycles. The average molecular weight is 499 g/mol. The number of sulfone groups is 1. The minimum atomic E-state index is -3.60. The van der Waals surface area contributed by atoms with E-state index in [2.05, 4.69) is 4.98 Å². The summed E-state index contributed by atoms with van der Waals surface area (Å²) in [6.07, 6.45) is 1.22. The van der Waals surface area contributed by atoms with E-state index in [1.165, 1.54) is 36.6 Å². The van der Waals surface area contributed by atoms with Crippen LogP contribution in [0, 0.1) is 11.6 Å². The molecular weight excluding hydrogens is 478 g/mol. The standard InChI is InChI=1S/C22H21ClF2N2O3S2/c1-30-20-3-2-15(23)11-21(20)32(28,29)19-4-6-27(7-5-19)22-26-18(13-31-22)10-14-8-16(24)12-17(25)9-14/h2-3,8-9,11-13,19H,4-7,10H2,1H3. The fraction of sp³-hybridized carbons (Fsp3) is 0.318. The van der Waals surface area contributed by atoms with Crippen LogP contribution in [0.25, 0.3) is 0 Å². The van der Waals surface area contributed by atoms with Crippen molar-refractivity contribution in [1.29, 1.82) is 0 Å². The molecule has 0 saturated carbocycles. The Bertz CT molecular complexity index is 1210. The van der Waals surface area contributed by atoms with E-state index < -0.39 is 26.7 Å². The van der Waals surface area contributed by atoms with Gasteiger partial charge in [-0.05, 0) is 48.7 Å². The third-order valence-corrected chi connectivity index (χ3v) is 8.90. The smallest absolute Gasteiger partial charge is 0.185 e. The number of piperidine rings is 1. The van der Waals surface area contributed by atoms with E-state index in [4.69, 9.17) is 16.3 Å². The number of methoxy groups -OCH3 is 1. The summed E-state index contributed by atoms with van der Waals surface area (Å²) < 4.78 is 58.5. The molecule has 1 aliphatic heterocycles. The van der Waals surface area contributed by atoms with E-state index >= 15 is 0 Å². The lowest BCUT2D eigenvalue weighted by atomic mass is 10.1. The van der Waals surface area contributed by atoms with Gasteiger partial charge in [0.15, 0.2) is 15.0 Å². The molecule has 170 valence electrons. The number of hydrogen-bond acceptors (Lipinski definition) is 6. The van der Waals surface area contributed by atoms with Gasteiger partial charge in [-0.3, -0.25) is 0 Å². The highest BCUT2D eigenvalue weighted by atomic mass is 35.5. The van der Waals surface area contributed by atoms with Crippen LogP contribution < -0.4 is 9.64 Å². The third-order valence-electron chi connectivity index (χ3n) is 5.43. The van der Waals surface area contributed by atoms with E-state index in [9.17, 15) is 17.2 Å². The molecule has 3 aromatic rings. The van der Waals surface area contributed by atoms with Crippen molar-refractivity contribution in [2.24, 2.45) is 0 Å².